The molecular formula is C51H61N9O8. The Morgan fingerprint density at radius 1 is 0.926 bits per heavy atom. The van der Waals surface area contributed by atoms with Crippen molar-refractivity contribution >= 4 is 51.2 Å². The van der Waals surface area contributed by atoms with Gasteiger partial charge in [0.05, 0.1) is 69.1 Å². The van der Waals surface area contributed by atoms with Gasteiger partial charge in [-0.15, -0.1) is 0 Å². The first-order valence-corrected chi connectivity index (χ1v) is 23.9. The molecule has 6 aromatic rings. The predicted molar refractivity (Wildman–Crippen MR) is 256 cm³/mol. The minimum atomic E-state index is -0.421. The molecule has 68 heavy (non-hydrogen) atoms. The van der Waals surface area contributed by atoms with Crippen molar-refractivity contribution in [1.82, 2.24) is 40.1 Å². The van der Waals surface area contributed by atoms with Crippen LogP contribution in [0, 0.1) is 20.8 Å². The molecule has 2 saturated carbocycles. The van der Waals surface area contributed by atoms with Crippen molar-refractivity contribution in [3.63, 3.8) is 0 Å². The third-order valence-corrected chi connectivity index (χ3v) is 13.1. The highest BCUT2D eigenvalue weighted by molar-refractivity contribution is 6.13. The number of hydrogen-bond acceptors (Lipinski definition) is 13. The van der Waals surface area contributed by atoms with E-state index in [4.69, 9.17) is 38.5 Å². The number of amides is 2. The van der Waals surface area contributed by atoms with Crippen LogP contribution in [-0.2, 0) is 43.3 Å². The van der Waals surface area contributed by atoms with Crippen LogP contribution in [0.15, 0.2) is 53.1 Å². The Balaban J connectivity index is 0.689. The molecule has 17 nitrogen and oxygen atoms in total. The molecule has 2 aliphatic carbocycles. The van der Waals surface area contributed by atoms with Crippen LogP contribution in [0.3, 0.4) is 0 Å². The third-order valence-electron chi connectivity index (χ3n) is 13.1. The van der Waals surface area contributed by atoms with Crippen molar-refractivity contribution in [2.45, 2.75) is 97.7 Å². The zero-order valence-electron chi connectivity index (χ0n) is 39.5. The number of anilines is 2. The number of rotatable bonds is 23. The van der Waals surface area contributed by atoms with Gasteiger partial charge < -0.3 is 44.0 Å². The van der Waals surface area contributed by atoms with Crippen LogP contribution in [0.25, 0.3) is 33.1 Å². The molecule has 0 radical (unpaired) electrons. The van der Waals surface area contributed by atoms with Crippen LogP contribution in [0.1, 0.15) is 106 Å². The predicted octanol–water partition coefficient (Wildman–Crippen LogP) is 7.59. The first-order valence-electron chi connectivity index (χ1n) is 23.9. The summed E-state index contributed by atoms with van der Waals surface area (Å²) in [5, 5.41) is 17.1. The van der Waals surface area contributed by atoms with E-state index in [0.717, 1.165) is 105 Å². The Morgan fingerprint density at radius 3 is 2.38 bits per heavy atom. The number of benzene rings is 2. The molecular weight excluding hydrogens is 867 g/mol. The average molecular weight is 928 g/mol. The summed E-state index contributed by atoms with van der Waals surface area (Å²) >= 11 is 0. The van der Waals surface area contributed by atoms with Crippen molar-refractivity contribution in [3.05, 3.63) is 93.8 Å². The number of aromatic amines is 1. The summed E-state index contributed by atoms with van der Waals surface area (Å²) in [6.45, 7) is 16.7. The number of carbonyl (C=O) groups is 3. The highest BCUT2D eigenvalue weighted by Crippen LogP contribution is 2.42. The number of nitrogens with one attached hydrogen (secondary N) is 3. The van der Waals surface area contributed by atoms with Crippen LogP contribution in [0.5, 0.6) is 0 Å². The molecule has 5 heterocycles. The Kier molecular flexibility index (Phi) is 14.4. The summed E-state index contributed by atoms with van der Waals surface area (Å²) in [5.74, 6) is 2.19. The van der Waals surface area contributed by atoms with Gasteiger partial charge in [0.15, 0.2) is 5.78 Å². The van der Waals surface area contributed by atoms with Crippen LogP contribution in [0.2, 0.25) is 0 Å². The molecule has 4 aromatic heterocycles. The van der Waals surface area contributed by atoms with E-state index in [9.17, 15) is 14.4 Å². The lowest BCUT2D eigenvalue weighted by Crippen LogP contribution is -2.43. The molecule has 1 atom stereocenters. The molecule has 3 aliphatic rings. The van der Waals surface area contributed by atoms with E-state index >= 15 is 0 Å². The largest absolute Gasteiger partial charge is 0.379 e. The fraction of sp³-hybridized carbons (Fsp3) is 0.471. The maximum atomic E-state index is 13.5. The first kappa shape index (κ1) is 46.8. The van der Waals surface area contributed by atoms with E-state index in [1.165, 1.54) is 0 Å². The number of nitrogens with zero attached hydrogens (tertiary/aromatic N) is 6. The van der Waals surface area contributed by atoms with Crippen LogP contribution in [0.4, 0.5) is 11.6 Å². The Bertz CT molecular complexity index is 2820. The lowest BCUT2D eigenvalue weighted by Gasteiger charge is -2.30. The lowest BCUT2D eigenvalue weighted by molar-refractivity contribution is -0.124. The number of aryl methyl sites for hydroxylation is 5. The van der Waals surface area contributed by atoms with Crippen molar-refractivity contribution in [2.75, 3.05) is 64.7 Å². The zero-order chi connectivity index (χ0) is 47.3. The second kappa shape index (κ2) is 20.9. The molecule has 0 spiro atoms. The number of allylic oxidation sites excluding steroid dienone is 1. The van der Waals surface area contributed by atoms with Gasteiger partial charge in [0.2, 0.25) is 5.82 Å². The summed E-state index contributed by atoms with van der Waals surface area (Å²) in [4.78, 5) is 54.1. The van der Waals surface area contributed by atoms with Gasteiger partial charge in [0.25, 0.3) is 11.8 Å². The molecule has 1 unspecified atom stereocenters. The number of ether oxygens (including phenoxy) is 4. The normalized spacial score (nSPS) is 16.1. The average Bonchev–Trinajstić information content (AvgIpc) is 3.71. The minimum absolute atomic E-state index is 0.0241. The van der Waals surface area contributed by atoms with Crippen molar-refractivity contribution < 1.29 is 37.9 Å². The quantitative estimate of drug-likeness (QED) is 0.0420. The fourth-order valence-corrected chi connectivity index (χ4v) is 9.39. The summed E-state index contributed by atoms with van der Waals surface area (Å²) < 4.78 is 30.3. The van der Waals surface area contributed by atoms with Gasteiger partial charge in [-0.1, -0.05) is 29.4 Å². The van der Waals surface area contributed by atoms with Crippen LogP contribution < -0.4 is 10.6 Å². The topological polar surface area (TPSA) is 201 Å². The van der Waals surface area contributed by atoms with Crippen LogP contribution in [-0.4, -0.2) is 118 Å². The standard InChI is InChI=1S/C51H61N9O8/c1-6-60-44(28-40(57-60)35-13-14-35)54-48-46-38-26-31(3)37(45-32(4)58-68-33(45)5)27-41(38)53-47(46)55-49(56-48)50(62)52-16-18-65-20-22-67-24-23-66-21-19-64-17-8-10-34-9-7-11-36-39(34)29-59(51(36)63)42-15-12-30(2)25-43(42)61/h7,9,11,26-28,35,42H,2,6,8,10,12-25,29H2,1,3-5H3,(H,52,62)(H2,53,54,55,56). The second-order valence-corrected chi connectivity index (χ2v) is 18.0. The van der Waals surface area contributed by atoms with Gasteiger partial charge in [-0.2, -0.15) is 5.10 Å². The molecule has 358 valence electrons. The van der Waals surface area contributed by atoms with Gasteiger partial charge in [-0.05, 0) is 107 Å². The number of hydrogen-bond donors (Lipinski definition) is 3. The number of Topliss-reactive ketones (excluding diaryl/α,β-unsaturated/α-hetero) is 1. The van der Waals surface area contributed by atoms with E-state index in [2.05, 4.69) is 65.5 Å². The molecule has 17 heteroatoms. The summed E-state index contributed by atoms with van der Waals surface area (Å²) in [6, 6.07) is 11.8. The van der Waals surface area contributed by atoms with E-state index in [1.807, 2.05) is 30.7 Å². The molecule has 3 N–H and O–H groups in total. The number of ketones is 1. The van der Waals surface area contributed by atoms with Gasteiger partial charge in [0, 0.05) is 66.7 Å². The maximum Gasteiger partial charge on any atom is 0.289 e. The zero-order valence-corrected chi connectivity index (χ0v) is 39.5. The lowest BCUT2D eigenvalue weighted by atomic mass is 9.89. The summed E-state index contributed by atoms with van der Waals surface area (Å²) in [5.41, 5.74) is 10.1. The molecule has 2 amide bonds. The van der Waals surface area contributed by atoms with Gasteiger partial charge in [0.1, 0.15) is 23.0 Å². The van der Waals surface area contributed by atoms with Crippen molar-refractivity contribution in [2.24, 2.45) is 0 Å². The summed E-state index contributed by atoms with van der Waals surface area (Å²) in [7, 11) is 0. The van der Waals surface area contributed by atoms with E-state index in [0.29, 0.717) is 95.1 Å². The van der Waals surface area contributed by atoms with Crippen molar-refractivity contribution in [3.8, 4) is 11.1 Å². The molecule has 0 saturated heterocycles. The minimum Gasteiger partial charge on any atom is -0.379 e. The highest BCUT2D eigenvalue weighted by Gasteiger charge is 2.38. The Labute approximate surface area is 395 Å². The number of H-pyrrole nitrogens is 1. The number of carbonyl (C=O) groups excluding carboxylic acids is 3. The Morgan fingerprint density at radius 2 is 1.68 bits per heavy atom. The Hall–Kier alpha value is -6.27. The van der Waals surface area contributed by atoms with E-state index in [-0.39, 0.29) is 36.7 Å². The molecule has 9 rings (SSSR count). The van der Waals surface area contributed by atoms with Gasteiger partial charge in [-0.3, -0.25) is 14.4 Å². The van der Waals surface area contributed by atoms with E-state index in [1.54, 1.807) is 4.90 Å². The monoisotopic (exact) mass is 927 g/mol. The SMILES string of the molecule is C=C1CCC(N2Cc3c(CCCOCCOCCOCCOCCNC(=O)c4nc(Nc5cc(C6CC6)nn5CC)c5c(n4)[nH]c4cc(-c6c(C)noc6C)c(C)cc45)cccc3C2=O)C(=O)C1. The summed E-state index contributed by atoms with van der Waals surface area (Å²) in [6.07, 6.45) is 5.67. The first-order chi connectivity index (χ1) is 33.1. The molecule has 0 bridgehead atoms. The number of fused-ring (bicyclic) bond motifs is 4. The second-order valence-electron chi connectivity index (χ2n) is 18.0. The maximum absolute atomic E-state index is 13.5. The van der Waals surface area contributed by atoms with Crippen LogP contribution >= 0.6 is 0 Å². The smallest absolute Gasteiger partial charge is 0.289 e. The fourth-order valence-electron chi connectivity index (χ4n) is 9.39. The van der Waals surface area contributed by atoms with Crippen molar-refractivity contribution in [1.29, 1.82) is 0 Å². The third kappa shape index (κ3) is 10.3. The highest BCUT2D eigenvalue weighted by atomic mass is 16.6. The van der Waals surface area contributed by atoms with Gasteiger partial charge in [-0.25, -0.2) is 14.6 Å². The number of aromatic nitrogens is 6. The van der Waals surface area contributed by atoms with E-state index < -0.39 is 5.91 Å². The molecule has 2 fully saturated rings. The molecule has 2 aromatic carbocycles. The van der Waals surface area contributed by atoms with Gasteiger partial charge >= 0.3 is 0 Å². The molecule has 1 aliphatic heterocycles.